The number of rotatable bonds is 11. The van der Waals surface area contributed by atoms with E-state index in [2.05, 4.69) is 4.74 Å². The molecule has 0 aliphatic rings. The largest absolute Gasteiger partial charge is 0.478 e. The van der Waals surface area contributed by atoms with Crippen LogP contribution in [0.15, 0.2) is 12.2 Å². The normalized spacial score (nSPS) is 15.5. The Kier molecular flexibility index (Phi) is 8.52. The first-order chi connectivity index (χ1) is 15.1. The van der Waals surface area contributed by atoms with Gasteiger partial charge < -0.3 is 9.84 Å². The summed E-state index contributed by atoms with van der Waals surface area (Å²) in [6.45, 7) is -2.16. The van der Waals surface area contributed by atoms with Gasteiger partial charge >= 0.3 is 59.6 Å². The van der Waals surface area contributed by atoms with Crippen molar-refractivity contribution in [3.05, 3.63) is 12.2 Å². The molecule has 0 bridgehead atoms. The minimum absolute atomic E-state index is 0.0389. The summed E-state index contributed by atoms with van der Waals surface area (Å²) in [6, 6.07) is 0. The van der Waals surface area contributed by atoms with Crippen LogP contribution in [0.2, 0.25) is 0 Å². The lowest BCUT2D eigenvalue weighted by molar-refractivity contribution is -0.461. The Balaban J connectivity index is 6.21. The van der Waals surface area contributed by atoms with Crippen LogP contribution in [0.1, 0.15) is 6.42 Å². The summed E-state index contributed by atoms with van der Waals surface area (Å²) in [4.78, 5) is 20.9. The smallest absolute Gasteiger partial charge is 0.460 e. The Morgan fingerprint density at radius 3 is 1.26 bits per heavy atom. The van der Waals surface area contributed by atoms with Crippen molar-refractivity contribution in [2.24, 2.45) is 0 Å². The summed E-state index contributed by atoms with van der Waals surface area (Å²) in [5.74, 6) is -61.1. The zero-order chi connectivity index (χ0) is 28.7. The first kappa shape index (κ1) is 32.5. The van der Waals surface area contributed by atoms with E-state index in [1.165, 1.54) is 0 Å². The lowest BCUT2D eigenvalue weighted by atomic mass is 9.88. The van der Waals surface area contributed by atoms with E-state index in [1.807, 2.05) is 0 Å². The van der Waals surface area contributed by atoms with Crippen LogP contribution in [0.4, 0.5) is 74.6 Å². The Labute approximate surface area is 180 Å². The van der Waals surface area contributed by atoms with Gasteiger partial charge in [0.1, 0.15) is 0 Å². The maximum absolute atomic E-state index is 13.5. The molecular formula is C14H7F17O4. The number of hydrogen-bond acceptors (Lipinski definition) is 3. The zero-order valence-corrected chi connectivity index (χ0v) is 15.7. The van der Waals surface area contributed by atoms with Crippen LogP contribution in [0.3, 0.4) is 0 Å². The number of aliphatic carboxylic acids is 1. The van der Waals surface area contributed by atoms with Crippen LogP contribution in [0.25, 0.3) is 0 Å². The van der Waals surface area contributed by atoms with Crippen molar-refractivity contribution < 1.29 is 94.1 Å². The molecule has 0 aromatic rings. The van der Waals surface area contributed by atoms with E-state index in [0.717, 1.165) is 0 Å². The minimum Gasteiger partial charge on any atom is -0.478 e. The van der Waals surface area contributed by atoms with Gasteiger partial charge in [-0.3, -0.25) is 0 Å². The molecule has 206 valence electrons. The SMILES string of the molecule is O=C(O)/C=C\C(=O)OCCC(F)(F)C(F)(F)C(F)(F)C(F)(F)C(F)(F)C(F)(F)C(F)(F)C(F)(F)F. The average Bonchev–Trinajstić information content (AvgIpc) is 2.64. The molecule has 0 fully saturated rings. The molecule has 0 heterocycles. The van der Waals surface area contributed by atoms with Crippen LogP contribution < -0.4 is 0 Å². The summed E-state index contributed by atoms with van der Waals surface area (Å²) < 4.78 is 225. The number of alkyl halides is 17. The quantitative estimate of drug-likeness (QED) is 0.203. The molecule has 0 rings (SSSR count). The third kappa shape index (κ3) is 5.21. The predicted molar refractivity (Wildman–Crippen MR) is 73.0 cm³/mol. The first-order valence-electron chi connectivity index (χ1n) is 7.85. The Morgan fingerprint density at radius 1 is 0.571 bits per heavy atom. The first-order valence-corrected chi connectivity index (χ1v) is 7.85. The molecule has 0 atom stereocenters. The van der Waals surface area contributed by atoms with Gasteiger partial charge in [0.25, 0.3) is 0 Å². The average molecular weight is 562 g/mol. The van der Waals surface area contributed by atoms with Gasteiger partial charge in [0.05, 0.1) is 13.0 Å². The van der Waals surface area contributed by atoms with Gasteiger partial charge in [-0.15, -0.1) is 0 Å². The number of esters is 1. The number of hydrogen-bond donors (Lipinski definition) is 1. The number of ether oxygens (including phenoxy) is 1. The lowest BCUT2D eigenvalue weighted by Gasteiger charge is -2.42. The van der Waals surface area contributed by atoms with Gasteiger partial charge in [-0.2, -0.15) is 74.6 Å². The number of carboxylic acids is 1. The van der Waals surface area contributed by atoms with Crippen molar-refractivity contribution in [3.63, 3.8) is 0 Å². The highest BCUT2D eigenvalue weighted by atomic mass is 19.4. The van der Waals surface area contributed by atoms with Crippen molar-refractivity contribution in [1.29, 1.82) is 0 Å². The van der Waals surface area contributed by atoms with Crippen molar-refractivity contribution in [3.8, 4) is 0 Å². The van der Waals surface area contributed by atoms with Gasteiger partial charge in [-0.1, -0.05) is 0 Å². The number of carbonyl (C=O) groups is 2. The molecule has 0 aliphatic heterocycles. The van der Waals surface area contributed by atoms with Gasteiger partial charge in [-0.25, -0.2) is 9.59 Å². The summed E-state index contributed by atoms with van der Waals surface area (Å²) >= 11 is 0. The van der Waals surface area contributed by atoms with Crippen LogP contribution in [0.5, 0.6) is 0 Å². The maximum Gasteiger partial charge on any atom is 0.460 e. The third-order valence-corrected chi connectivity index (χ3v) is 3.81. The summed E-state index contributed by atoms with van der Waals surface area (Å²) in [5, 5.41) is 8.12. The van der Waals surface area contributed by atoms with Crippen LogP contribution in [-0.4, -0.2) is 71.3 Å². The fourth-order valence-electron chi connectivity index (χ4n) is 1.82. The summed E-state index contributed by atoms with van der Waals surface area (Å²) in [5.41, 5.74) is 0. The summed E-state index contributed by atoms with van der Waals surface area (Å²) in [6.07, 6.45) is -10.9. The number of carboxylic acid groups (broad SMARTS) is 1. The highest BCUT2D eigenvalue weighted by Crippen LogP contribution is 2.64. The molecule has 0 aromatic carbocycles. The van der Waals surface area contributed by atoms with Crippen molar-refractivity contribution in [2.45, 2.75) is 54.1 Å². The second-order valence-corrected chi connectivity index (χ2v) is 6.24. The van der Waals surface area contributed by atoms with Crippen LogP contribution in [0, 0.1) is 0 Å². The highest BCUT2D eigenvalue weighted by Gasteiger charge is 2.95. The van der Waals surface area contributed by atoms with Gasteiger partial charge in [-0.05, 0) is 0 Å². The van der Waals surface area contributed by atoms with E-state index < -0.39 is 72.6 Å². The predicted octanol–water partition coefficient (Wildman–Crippen LogP) is 5.57. The molecule has 0 unspecified atom stereocenters. The standard InChI is InChI=1S/C14H7F17O4/c15-7(16,3-4-35-6(34)2-1-5(32)33)8(17,18)9(19,20)10(21,22)11(23,24)12(25,26)13(27,28)14(29,30)31/h1-2H,3-4H2,(H,32,33)/b2-1-. The van der Waals surface area contributed by atoms with Gasteiger partial charge in [0.15, 0.2) is 0 Å². The van der Waals surface area contributed by atoms with E-state index in [1.54, 1.807) is 0 Å². The van der Waals surface area contributed by atoms with E-state index in [-0.39, 0.29) is 12.2 Å². The Bertz CT molecular complexity index is 827. The molecule has 35 heavy (non-hydrogen) atoms. The molecule has 0 amide bonds. The fourth-order valence-corrected chi connectivity index (χ4v) is 1.82. The Hall–Kier alpha value is -2.51. The molecule has 21 heteroatoms. The molecular weight excluding hydrogens is 555 g/mol. The highest BCUT2D eigenvalue weighted by molar-refractivity contribution is 5.90. The van der Waals surface area contributed by atoms with E-state index in [4.69, 9.17) is 5.11 Å². The number of halogens is 17. The zero-order valence-electron chi connectivity index (χ0n) is 15.7. The van der Waals surface area contributed by atoms with Crippen molar-refractivity contribution in [1.82, 2.24) is 0 Å². The lowest BCUT2D eigenvalue weighted by Crippen LogP contribution is -2.74. The maximum atomic E-state index is 13.5. The molecule has 0 spiro atoms. The molecule has 0 radical (unpaired) electrons. The van der Waals surface area contributed by atoms with Crippen molar-refractivity contribution in [2.75, 3.05) is 6.61 Å². The topological polar surface area (TPSA) is 63.6 Å². The molecule has 0 aromatic heterocycles. The number of carbonyl (C=O) groups excluding carboxylic acids is 1. The second-order valence-electron chi connectivity index (χ2n) is 6.24. The van der Waals surface area contributed by atoms with E-state index in [0.29, 0.717) is 0 Å². The van der Waals surface area contributed by atoms with Crippen molar-refractivity contribution >= 4 is 11.9 Å². The fraction of sp³-hybridized carbons (Fsp3) is 0.714. The molecule has 4 nitrogen and oxygen atoms in total. The molecule has 0 aliphatic carbocycles. The summed E-state index contributed by atoms with van der Waals surface area (Å²) in [7, 11) is 0. The molecule has 0 saturated heterocycles. The monoisotopic (exact) mass is 562 g/mol. The van der Waals surface area contributed by atoms with Crippen LogP contribution in [-0.2, 0) is 14.3 Å². The molecule has 0 saturated carbocycles. The second kappa shape index (κ2) is 9.17. The Morgan fingerprint density at radius 2 is 0.914 bits per heavy atom. The van der Waals surface area contributed by atoms with Crippen LogP contribution >= 0.6 is 0 Å². The van der Waals surface area contributed by atoms with E-state index >= 15 is 0 Å². The molecule has 1 N–H and O–H groups in total. The minimum atomic E-state index is -8.73. The third-order valence-electron chi connectivity index (χ3n) is 3.81. The van der Waals surface area contributed by atoms with Gasteiger partial charge in [0, 0.05) is 12.2 Å². The van der Waals surface area contributed by atoms with Gasteiger partial charge in [0.2, 0.25) is 0 Å². The van der Waals surface area contributed by atoms with E-state index in [9.17, 15) is 84.2 Å².